The Hall–Kier alpha value is -1.24. The zero-order chi connectivity index (χ0) is 26.0. The number of rotatable bonds is 10. The zero-order valence-electron chi connectivity index (χ0n) is 15.2. The molecule has 6 atom stereocenters. The lowest BCUT2D eigenvalue weighted by atomic mass is 10.0. The average molecular weight is 530 g/mol. The fourth-order valence-corrected chi connectivity index (χ4v) is 2.53. The fraction of sp³-hybridized carbons (Fsp3) is 1.00. The maximum absolute atomic E-state index is 13.5. The van der Waals surface area contributed by atoms with Gasteiger partial charge in [0.25, 0.3) is 0 Å². The molecule has 0 aromatic rings. The van der Waals surface area contributed by atoms with Gasteiger partial charge in [0, 0.05) is 0 Å². The van der Waals surface area contributed by atoms with Gasteiger partial charge in [0.2, 0.25) is 0 Å². The van der Waals surface area contributed by atoms with Crippen LogP contribution in [0.5, 0.6) is 0 Å². The number of hydrogen-bond donors (Lipinski definition) is 0. The van der Waals surface area contributed by atoms with Gasteiger partial charge in [-0.15, -0.1) is 0 Å². The van der Waals surface area contributed by atoms with Crippen LogP contribution in [0.15, 0.2) is 0 Å². The molecule has 0 saturated carbocycles. The maximum Gasteiger partial charge on any atom is 0.459 e. The molecule has 0 radical (unpaired) electrons. The van der Waals surface area contributed by atoms with Crippen molar-refractivity contribution < 1.29 is 84.5 Å². The predicted octanol–water partition coefficient (Wildman–Crippen LogP) is 4.88. The van der Waals surface area contributed by atoms with Crippen LogP contribution in [0.4, 0.5) is 70.2 Å². The van der Waals surface area contributed by atoms with Crippen molar-refractivity contribution >= 4 is 0 Å². The summed E-state index contributed by atoms with van der Waals surface area (Å²) in [7, 11) is 0. The first-order valence-corrected chi connectivity index (χ1v) is 8.33. The third-order valence-corrected chi connectivity index (χ3v) is 4.63. The fourth-order valence-electron chi connectivity index (χ4n) is 2.53. The van der Waals surface area contributed by atoms with Crippen molar-refractivity contribution in [1.29, 1.82) is 0 Å². The van der Waals surface area contributed by atoms with Crippen LogP contribution in [0, 0.1) is 0 Å². The minimum absolute atomic E-state index is 1.06. The van der Waals surface area contributed by atoms with Gasteiger partial charge in [-0.1, -0.05) is 0 Å². The van der Waals surface area contributed by atoms with Crippen molar-refractivity contribution in [1.82, 2.24) is 0 Å². The topological polar surface area (TPSA) is 34.3 Å². The van der Waals surface area contributed by atoms with Crippen molar-refractivity contribution in [3.8, 4) is 0 Å². The van der Waals surface area contributed by atoms with Gasteiger partial charge in [-0.2, -0.15) is 61.5 Å². The Balaban J connectivity index is 1.84. The Morgan fingerprint density at radius 2 is 0.818 bits per heavy atom. The summed E-state index contributed by atoms with van der Waals surface area (Å²) in [5, 5.41) is 0. The molecular formula is C14H10F16O3. The van der Waals surface area contributed by atoms with E-state index in [4.69, 9.17) is 0 Å². The van der Waals surface area contributed by atoms with Gasteiger partial charge in [0.15, 0.2) is 12.3 Å². The number of epoxide rings is 2. The van der Waals surface area contributed by atoms with Crippen molar-refractivity contribution in [2.24, 2.45) is 0 Å². The minimum atomic E-state index is -6.81. The Morgan fingerprint density at radius 3 is 1.06 bits per heavy atom. The highest BCUT2D eigenvalue weighted by Crippen LogP contribution is 2.53. The summed E-state index contributed by atoms with van der Waals surface area (Å²) in [5.41, 5.74) is 0. The van der Waals surface area contributed by atoms with Crippen LogP contribution < -0.4 is 0 Å². The van der Waals surface area contributed by atoms with Gasteiger partial charge in [0.1, 0.15) is 24.4 Å². The van der Waals surface area contributed by atoms with E-state index in [0.29, 0.717) is 0 Å². The van der Waals surface area contributed by atoms with E-state index in [9.17, 15) is 70.2 Å². The monoisotopic (exact) mass is 530 g/mol. The van der Waals surface area contributed by atoms with Gasteiger partial charge in [-0.05, 0) is 0 Å². The summed E-state index contributed by atoms with van der Waals surface area (Å²) in [5.74, 6) is -26.1. The van der Waals surface area contributed by atoms with E-state index in [1.54, 1.807) is 0 Å². The lowest BCUT2D eigenvalue weighted by Crippen LogP contribution is -2.58. The highest BCUT2D eigenvalue weighted by atomic mass is 19.4. The van der Waals surface area contributed by atoms with E-state index in [2.05, 4.69) is 14.2 Å². The standard InChI is InChI=1S/C14H10F16O3/c15-7(9(17,18)11(21,22)13(25,26)27)5-3(32-5)1-31-2-4-6(33-4)8(16)10(19,20)12(23,24)14(28,29)30/h3-8H,1-2H2. The normalized spacial score (nSPS) is 29.1. The van der Waals surface area contributed by atoms with Crippen molar-refractivity contribution in [3.05, 3.63) is 0 Å². The molecule has 33 heavy (non-hydrogen) atoms. The van der Waals surface area contributed by atoms with Crippen LogP contribution in [0.2, 0.25) is 0 Å². The second kappa shape index (κ2) is 8.17. The first-order valence-electron chi connectivity index (χ1n) is 8.33. The summed E-state index contributed by atoms with van der Waals surface area (Å²) in [4.78, 5) is 0. The van der Waals surface area contributed by atoms with Crippen LogP contribution in [-0.2, 0) is 14.2 Å². The van der Waals surface area contributed by atoms with E-state index in [1.165, 1.54) is 0 Å². The predicted molar refractivity (Wildman–Crippen MR) is 69.8 cm³/mol. The largest absolute Gasteiger partial charge is 0.459 e. The van der Waals surface area contributed by atoms with Gasteiger partial charge < -0.3 is 14.2 Å². The summed E-state index contributed by atoms with van der Waals surface area (Å²) >= 11 is 0. The molecule has 2 rings (SSSR count). The minimum Gasteiger partial charge on any atom is -0.376 e. The SMILES string of the molecule is FC(C1OC1COCC1OC1C(F)C(F)(F)C(F)(F)C(F)(F)F)C(F)(F)C(F)(F)C(F)(F)F. The molecule has 0 aromatic heterocycles. The molecule has 0 bridgehead atoms. The van der Waals surface area contributed by atoms with E-state index < -0.39 is 86.0 Å². The number of halogens is 16. The highest BCUT2D eigenvalue weighted by molar-refractivity contribution is 5.06. The van der Waals surface area contributed by atoms with Crippen LogP contribution >= 0.6 is 0 Å². The average Bonchev–Trinajstić information content (AvgIpc) is 3.54. The van der Waals surface area contributed by atoms with Gasteiger partial charge >= 0.3 is 36.0 Å². The quantitative estimate of drug-likeness (QED) is 0.299. The first-order chi connectivity index (χ1) is 14.5. The highest BCUT2D eigenvalue weighted by Gasteiger charge is 2.79. The molecule has 2 fully saturated rings. The first kappa shape index (κ1) is 28.0. The van der Waals surface area contributed by atoms with Gasteiger partial charge in [0.05, 0.1) is 13.2 Å². The molecular weight excluding hydrogens is 520 g/mol. The molecule has 0 N–H and O–H groups in total. The lowest BCUT2D eigenvalue weighted by molar-refractivity contribution is -0.366. The Bertz CT molecular complexity index is 646. The molecule has 2 aliphatic rings. The number of alkyl halides is 16. The lowest BCUT2D eigenvalue weighted by Gasteiger charge is -2.29. The second-order valence-corrected chi connectivity index (χ2v) is 7.01. The van der Waals surface area contributed by atoms with Crippen molar-refractivity contribution in [2.75, 3.05) is 13.2 Å². The molecule has 6 unspecified atom stereocenters. The summed E-state index contributed by atoms with van der Waals surface area (Å²) in [6.45, 7) is -2.12. The van der Waals surface area contributed by atoms with Crippen LogP contribution in [0.3, 0.4) is 0 Å². The smallest absolute Gasteiger partial charge is 0.376 e. The number of hydrogen-bond acceptors (Lipinski definition) is 3. The summed E-state index contributed by atoms with van der Waals surface area (Å²) in [6.07, 6.45) is -30.7. The molecule has 0 aromatic carbocycles. The van der Waals surface area contributed by atoms with Crippen LogP contribution in [0.1, 0.15) is 0 Å². The van der Waals surface area contributed by atoms with Gasteiger partial charge in [-0.25, -0.2) is 8.78 Å². The Labute approximate surface area is 171 Å². The molecule has 0 spiro atoms. The Morgan fingerprint density at radius 1 is 0.545 bits per heavy atom. The molecule has 2 heterocycles. The van der Waals surface area contributed by atoms with E-state index in [-0.39, 0.29) is 0 Å². The summed E-state index contributed by atoms with van der Waals surface area (Å²) in [6, 6.07) is 0. The van der Waals surface area contributed by atoms with E-state index in [0.717, 1.165) is 0 Å². The zero-order valence-corrected chi connectivity index (χ0v) is 15.2. The molecule has 3 nitrogen and oxygen atoms in total. The van der Waals surface area contributed by atoms with Crippen LogP contribution in [0.25, 0.3) is 0 Å². The van der Waals surface area contributed by atoms with Gasteiger partial charge in [-0.3, -0.25) is 0 Å². The van der Waals surface area contributed by atoms with Crippen LogP contribution in [-0.4, -0.2) is 86.0 Å². The molecule has 0 aliphatic carbocycles. The van der Waals surface area contributed by atoms with E-state index >= 15 is 0 Å². The third kappa shape index (κ3) is 4.81. The van der Waals surface area contributed by atoms with Crippen molar-refractivity contribution in [2.45, 2.75) is 72.8 Å². The molecule has 2 aliphatic heterocycles. The van der Waals surface area contributed by atoms with E-state index in [1.807, 2.05) is 0 Å². The third-order valence-electron chi connectivity index (χ3n) is 4.63. The second-order valence-electron chi connectivity index (χ2n) is 7.01. The summed E-state index contributed by atoms with van der Waals surface area (Å²) < 4.78 is 216. The molecule has 196 valence electrons. The molecule has 0 amide bonds. The number of ether oxygens (including phenoxy) is 3. The molecule has 19 heteroatoms. The Kier molecular flexibility index (Phi) is 6.93. The van der Waals surface area contributed by atoms with Crippen molar-refractivity contribution in [3.63, 3.8) is 0 Å². The molecule has 2 saturated heterocycles. The maximum atomic E-state index is 13.5.